The third kappa shape index (κ3) is 4.09. The number of rotatable bonds is 3. The van der Waals surface area contributed by atoms with Crippen LogP contribution in [0.5, 0.6) is 0 Å². The molecule has 0 bridgehead atoms. The maximum atomic E-state index is 15.2. The van der Waals surface area contributed by atoms with Crippen molar-refractivity contribution in [3.05, 3.63) is 71.7 Å². The van der Waals surface area contributed by atoms with Gasteiger partial charge in [-0.2, -0.15) is 0 Å². The van der Waals surface area contributed by atoms with Crippen LogP contribution in [0.1, 0.15) is 30.1 Å². The summed E-state index contributed by atoms with van der Waals surface area (Å²) in [6.07, 6.45) is 8.27. The van der Waals surface area contributed by atoms with Crippen LogP contribution in [0.4, 0.5) is 10.1 Å². The Morgan fingerprint density at radius 1 is 1.31 bits per heavy atom. The van der Waals surface area contributed by atoms with E-state index >= 15 is 4.39 Å². The highest BCUT2D eigenvalue weighted by Crippen LogP contribution is 2.40. The topological polar surface area (TPSA) is 41.6 Å². The molecule has 29 heavy (non-hydrogen) atoms. The van der Waals surface area contributed by atoms with Gasteiger partial charge in [-0.05, 0) is 67.6 Å². The second kappa shape index (κ2) is 8.43. The number of esters is 1. The van der Waals surface area contributed by atoms with Crippen molar-refractivity contribution >= 4 is 23.6 Å². The Balaban J connectivity index is 1.78. The Morgan fingerprint density at radius 3 is 2.93 bits per heavy atom. The lowest BCUT2D eigenvalue weighted by Gasteiger charge is -2.30. The van der Waals surface area contributed by atoms with E-state index < -0.39 is 5.97 Å². The monoisotopic (exact) mass is 410 g/mol. The van der Waals surface area contributed by atoms with Crippen LogP contribution in [0.25, 0.3) is 11.1 Å². The largest absolute Gasteiger partial charge is 0.465 e. The number of methoxy groups -OCH3 is 1. The van der Waals surface area contributed by atoms with Crippen LogP contribution in [0.2, 0.25) is 0 Å². The molecule has 2 aromatic carbocycles. The number of halogens is 1. The summed E-state index contributed by atoms with van der Waals surface area (Å²) in [5.74, 6) is -0.742. The van der Waals surface area contributed by atoms with Gasteiger partial charge in [0.05, 0.1) is 18.4 Å². The molecule has 0 saturated heterocycles. The lowest BCUT2D eigenvalue weighted by molar-refractivity contribution is 0.0601. The molecule has 1 atom stereocenters. The van der Waals surface area contributed by atoms with Crippen molar-refractivity contribution in [1.82, 2.24) is 4.72 Å². The fraction of sp³-hybridized carbons (Fsp3) is 0.261. The number of fused-ring (bicyclic) bond motifs is 1. The molecule has 0 aromatic heterocycles. The highest BCUT2D eigenvalue weighted by atomic mass is 32.2. The van der Waals surface area contributed by atoms with Gasteiger partial charge in [-0.1, -0.05) is 24.3 Å². The number of hydrogen-bond acceptors (Lipinski definition) is 5. The minimum Gasteiger partial charge on any atom is -0.465 e. The minimum absolute atomic E-state index is 0.244. The Labute approximate surface area is 174 Å². The van der Waals surface area contributed by atoms with E-state index in [4.69, 9.17) is 4.74 Å². The number of ether oxygens (including phenoxy) is 1. The zero-order valence-corrected chi connectivity index (χ0v) is 17.3. The normalized spacial score (nSPS) is 18.7. The van der Waals surface area contributed by atoms with Crippen molar-refractivity contribution in [1.29, 1.82) is 0 Å². The van der Waals surface area contributed by atoms with Gasteiger partial charge in [-0.15, -0.1) is 0 Å². The fourth-order valence-electron chi connectivity index (χ4n) is 3.65. The summed E-state index contributed by atoms with van der Waals surface area (Å²) in [5, 5.41) is 0. The van der Waals surface area contributed by atoms with Gasteiger partial charge in [0.2, 0.25) is 0 Å². The van der Waals surface area contributed by atoms with Crippen molar-refractivity contribution < 1.29 is 13.9 Å². The summed E-state index contributed by atoms with van der Waals surface area (Å²) < 4.78 is 23.5. The van der Waals surface area contributed by atoms with Gasteiger partial charge in [0.15, 0.2) is 0 Å². The first-order chi connectivity index (χ1) is 14.1. The summed E-state index contributed by atoms with van der Waals surface area (Å²) in [6.45, 7) is 2.90. The van der Waals surface area contributed by atoms with E-state index in [0.29, 0.717) is 16.7 Å². The Kier molecular flexibility index (Phi) is 5.74. The SMILES string of the molecule is COC(=O)c1cccc(-c2cc3c(cc2F)N(C2=CC=CCC2)CC(C)NS3)c1. The molecular weight excluding hydrogens is 387 g/mol. The lowest BCUT2D eigenvalue weighted by Crippen LogP contribution is -2.34. The van der Waals surface area contributed by atoms with E-state index in [-0.39, 0.29) is 11.9 Å². The predicted octanol–water partition coefficient (Wildman–Crippen LogP) is 5.32. The van der Waals surface area contributed by atoms with Gasteiger partial charge in [-0.25, -0.2) is 9.18 Å². The molecule has 1 aliphatic heterocycles. The van der Waals surface area contributed by atoms with Crippen LogP contribution in [-0.4, -0.2) is 25.7 Å². The first kappa shape index (κ1) is 19.7. The summed E-state index contributed by atoms with van der Waals surface area (Å²) in [5.41, 5.74) is 3.59. The maximum absolute atomic E-state index is 15.2. The second-order valence-electron chi connectivity index (χ2n) is 7.23. The minimum atomic E-state index is -0.435. The molecule has 0 amide bonds. The summed E-state index contributed by atoms with van der Waals surface area (Å²) in [4.78, 5) is 15.0. The number of anilines is 1. The molecule has 0 radical (unpaired) electrons. The zero-order chi connectivity index (χ0) is 20.4. The van der Waals surface area contributed by atoms with Crippen molar-refractivity contribution in [3.63, 3.8) is 0 Å². The molecule has 1 N–H and O–H groups in total. The smallest absolute Gasteiger partial charge is 0.337 e. The Morgan fingerprint density at radius 2 is 2.17 bits per heavy atom. The summed E-state index contributed by atoms with van der Waals surface area (Å²) >= 11 is 1.52. The highest BCUT2D eigenvalue weighted by Gasteiger charge is 2.25. The van der Waals surface area contributed by atoms with Gasteiger partial charge >= 0.3 is 5.97 Å². The molecule has 0 saturated carbocycles. The number of nitrogens with zero attached hydrogens (tertiary/aromatic N) is 1. The van der Waals surface area contributed by atoms with E-state index in [1.54, 1.807) is 30.3 Å². The molecule has 4 rings (SSSR count). The van der Waals surface area contributed by atoms with Crippen molar-refractivity contribution in [2.45, 2.75) is 30.7 Å². The molecule has 1 unspecified atom stereocenters. The molecule has 0 fully saturated rings. The fourth-order valence-corrected chi connectivity index (χ4v) is 4.50. The third-order valence-corrected chi connectivity index (χ3v) is 6.17. The van der Waals surface area contributed by atoms with Crippen LogP contribution in [-0.2, 0) is 4.74 Å². The lowest BCUT2D eigenvalue weighted by atomic mass is 10.0. The summed E-state index contributed by atoms with van der Waals surface area (Å²) in [7, 11) is 1.34. The average molecular weight is 411 g/mol. The third-order valence-electron chi connectivity index (χ3n) is 5.10. The van der Waals surface area contributed by atoms with Crippen LogP contribution in [0, 0.1) is 5.82 Å². The molecular formula is C23H23FN2O2S. The van der Waals surface area contributed by atoms with Gasteiger partial charge in [0, 0.05) is 28.7 Å². The molecule has 1 aliphatic carbocycles. The molecule has 6 heteroatoms. The average Bonchev–Trinajstić information content (AvgIpc) is 2.92. The van der Waals surface area contributed by atoms with Crippen molar-refractivity contribution in [3.8, 4) is 11.1 Å². The molecule has 2 aliphatic rings. The van der Waals surface area contributed by atoms with Gasteiger partial charge < -0.3 is 9.64 Å². The van der Waals surface area contributed by atoms with Crippen molar-refractivity contribution in [2.24, 2.45) is 0 Å². The standard InChI is InChI=1S/C23H23FN2O2S/c1-15-14-26(18-9-4-3-5-10-18)21-13-20(24)19(12-22(21)29-25-15)16-7-6-8-17(11-16)23(27)28-2/h3-4,6-9,11-13,15,25H,5,10,14H2,1-2H3. The van der Waals surface area contributed by atoms with E-state index in [9.17, 15) is 4.79 Å². The molecule has 1 heterocycles. The number of carbonyl (C=O) groups is 1. The number of hydrogen-bond donors (Lipinski definition) is 1. The quantitative estimate of drug-likeness (QED) is 0.548. The Bertz CT molecular complexity index is 1000. The predicted molar refractivity (Wildman–Crippen MR) is 115 cm³/mol. The first-order valence-electron chi connectivity index (χ1n) is 9.64. The number of nitrogens with one attached hydrogen (secondary N) is 1. The number of carbonyl (C=O) groups excluding carboxylic acids is 1. The highest BCUT2D eigenvalue weighted by molar-refractivity contribution is 7.97. The summed E-state index contributed by atoms with van der Waals surface area (Å²) in [6, 6.07) is 10.6. The zero-order valence-electron chi connectivity index (χ0n) is 16.4. The van der Waals surface area contributed by atoms with E-state index in [0.717, 1.165) is 30.0 Å². The number of benzene rings is 2. The van der Waals surface area contributed by atoms with Crippen LogP contribution < -0.4 is 9.62 Å². The molecule has 0 spiro atoms. The van der Waals surface area contributed by atoms with E-state index in [2.05, 4.69) is 34.8 Å². The van der Waals surface area contributed by atoms with E-state index in [1.165, 1.54) is 24.8 Å². The maximum Gasteiger partial charge on any atom is 0.337 e. The van der Waals surface area contributed by atoms with Gasteiger partial charge in [0.1, 0.15) is 5.82 Å². The number of allylic oxidation sites excluding steroid dienone is 4. The first-order valence-corrected chi connectivity index (χ1v) is 10.5. The van der Waals surface area contributed by atoms with Gasteiger partial charge in [0.25, 0.3) is 0 Å². The van der Waals surface area contributed by atoms with Crippen LogP contribution in [0.15, 0.2) is 65.2 Å². The molecule has 2 aromatic rings. The van der Waals surface area contributed by atoms with Crippen molar-refractivity contribution in [2.75, 3.05) is 18.6 Å². The van der Waals surface area contributed by atoms with Crippen LogP contribution in [0.3, 0.4) is 0 Å². The van der Waals surface area contributed by atoms with Gasteiger partial charge in [-0.3, -0.25) is 4.72 Å². The Hall–Kier alpha value is -2.57. The second-order valence-corrected chi connectivity index (χ2v) is 8.11. The molecule has 150 valence electrons. The van der Waals surface area contributed by atoms with Crippen LogP contribution >= 0.6 is 11.9 Å². The molecule has 4 nitrogen and oxygen atoms in total. The van der Waals surface area contributed by atoms with E-state index in [1.807, 2.05) is 6.07 Å².